The molecule has 0 amide bonds. The second-order valence-electron chi connectivity index (χ2n) is 5.75. The smallest absolute Gasteiger partial charge is 0.115 e. The Balaban J connectivity index is 2.01. The van der Waals surface area contributed by atoms with Gasteiger partial charge in [-0.05, 0) is 54.7 Å². The van der Waals surface area contributed by atoms with E-state index in [1.165, 1.54) is 11.1 Å². The number of nitrogens with one attached hydrogen (secondary N) is 1. The molecule has 2 rings (SSSR count). The van der Waals surface area contributed by atoms with Gasteiger partial charge in [0.1, 0.15) is 5.75 Å². The van der Waals surface area contributed by atoms with Gasteiger partial charge in [-0.15, -0.1) is 0 Å². The standard InChI is InChI=1S/C18H23NO/c1-13(2)12-15-4-6-16(7-5-15)14(3)19-17-8-10-18(20)11-9-17/h4-11,13-14,19-20H,12H2,1-3H3. The number of anilines is 1. The Kier molecular flexibility index (Phi) is 4.67. The van der Waals surface area contributed by atoms with Crippen LogP contribution >= 0.6 is 0 Å². The molecule has 0 aromatic heterocycles. The molecule has 106 valence electrons. The third kappa shape index (κ3) is 4.02. The molecule has 2 heteroatoms. The van der Waals surface area contributed by atoms with E-state index in [-0.39, 0.29) is 6.04 Å². The molecule has 1 unspecified atom stereocenters. The summed E-state index contributed by atoms with van der Waals surface area (Å²) in [4.78, 5) is 0. The molecule has 2 aromatic rings. The molecular weight excluding hydrogens is 246 g/mol. The second kappa shape index (κ2) is 6.47. The summed E-state index contributed by atoms with van der Waals surface area (Å²) in [6, 6.07) is 16.2. The largest absolute Gasteiger partial charge is 0.508 e. The summed E-state index contributed by atoms with van der Waals surface area (Å²) in [6.07, 6.45) is 1.13. The first-order chi connectivity index (χ1) is 9.54. The molecule has 0 saturated heterocycles. The van der Waals surface area contributed by atoms with Crippen LogP contribution in [0.2, 0.25) is 0 Å². The highest BCUT2D eigenvalue weighted by atomic mass is 16.3. The number of rotatable bonds is 5. The molecule has 0 aliphatic heterocycles. The Hall–Kier alpha value is -1.96. The lowest BCUT2D eigenvalue weighted by molar-refractivity contribution is 0.475. The van der Waals surface area contributed by atoms with Crippen molar-refractivity contribution < 1.29 is 5.11 Å². The van der Waals surface area contributed by atoms with Crippen molar-refractivity contribution in [1.29, 1.82) is 0 Å². The molecule has 0 radical (unpaired) electrons. The topological polar surface area (TPSA) is 32.3 Å². The SMILES string of the molecule is CC(C)Cc1ccc(C(C)Nc2ccc(O)cc2)cc1. The van der Waals surface area contributed by atoms with E-state index in [1.807, 2.05) is 12.1 Å². The average Bonchev–Trinajstić information content (AvgIpc) is 2.41. The van der Waals surface area contributed by atoms with Gasteiger partial charge in [-0.3, -0.25) is 0 Å². The zero-order chi connectivity index (χ0) is 14.5. The lowest BCUT2D eigenvalue weighted by atomic mass is 10.00. The molecule has 0 bridgehead atoms. The Morgan fingerprint density at radius 1 is 0.900 bits per heavy atom. The summed E-state index contributed by atoms with van der Waals surface area (Å²) in [5.41, 5.74) is 3.67. The van der Waals surface area contributed by atoms with Crippen LogP contribution in [0.1, 0.15) is 37.9 Å². The van der Waals surface area contributed by atoms with Crippen molar-refractivity contribution >= 4 is 5.69 Å². The normalized spacial score (nSPS) is 12.4. The van der Waals surface area contributed by atoms with E-state index < -0.39 is 0 Å². The summed E-state index contributed by atoms with van der Waals surface area (Å²) >= 11 is 0. The number of phenolic OH excluding ortho intramolecular Hbond substituents is 1. The van der Waals surface area contributed by atoms with Gasteiger partial charge in [0.2, 0.25) is 0 Å². The maximum atomic E-state index is 9.28. The fourth-order valence-electron chi connectivity index (χ4n) is 2.30. The zero-order valence-corrected chi connectivity index (χ0v) is 12.4. The van der Waals surface area contributed by atoms with E-state index >= 15 is 0 Å². The summed E-state index contributed by atoms with van der Waals surface area (Å²) < 4.78 is 0. The molecule has 2 N–H and O–H groups in total. The van der Waals surface area contributed by atoms with Gasteiger partial charge in [0.05, 0.1) is 0 Å². The quantitative estimate of drug-likeness (QED) is 0.767. The highest BCUT2D eigenvalue weighted by Crippen LogP contribution is 2.21. The van der Waals surface area contributed by atoms with Crippen LogP contribution in [0, 0.1) is 5.92 Å². The summed E-state index contributed by atoms with van der Waals surface area (Å²) in [5.74, 6) is 0.981. The maximum Gasteiger partial charge on any atom is 0.115 e. The fraction of sp³-hybridized carbons (Fsp3) is 0.333. The van der Waals surface area contributed by atoms with E-state index in [4.69, 9.17) is 0 Å². The molecule has 20 heavy (non-hydrogen) atoms. The van der Waals surface area contributed by atoms with Crippen LogP contribution in [0.15, 0.2) is 48.5 Å². The van der Waals surface area contributed by atoms with Crippen LogP contribution < -0.4 is 5.32 Å². The summed E-state index contributed by atoms with van der Waals surface area (Å²) in [5, 5.41) is 12.7. The molecule has 0 spiro atoms. The van der Waals surface area contributed by atoms with Gasteiger partial charge in [0.25, 0.3) is 0 Å². The van der Waals surface area contributed by atoms with Gasteiger partial charge in [0, 0.05) is 11.7 Å². The van der Waals surface area contributed by atoms with Crippen molar-refractivity contribution in [3.8, 4) is 5.75 Å². The van der Waals surface area contributed by atoms with Crippen LogP contribution in [0.4, 0.5) is 5.69 Å². The first-order valence-electron chi connectivity index (χ1n) is 7.19. The molecule has 0 heterocycles. The first-order valence-corrected chi connectivity index (χ1v) is 7.19. The minimum atomic E-state index is 0.243. The molecule has 0 fully saturated rings. The summed E-state index contributed by atoms with van der Waals surface area (Å²) in [7, 11) is 0. The van der Waals surface area contributed by atoms with E-state index in [0.717, 1.165) is 12.1 Å². The van der Waals surface area contributed by atoms with E-state index in [9.17, 15) is 5.11 Å². The second-order valence-corrected chi connectivity index (χ2v) is 5.75. The molecule has 0 aliphatic rings. The van der Waals surface area contributed by atoms with Gasteiger partial charge in [-0.25, -0.2) is 0 Å². The lowest BCUT2D eigenvalue weighted by Gasteiger charge is -2.16. The van der Waals surface area contributed by atoms with Crippen molar-refractivity contribution in [2.75, 3.05) is 5.32 Å². The number of phenols is 1. The van der Waals surface area contributed by atoms with Crippen molar-refractivity contribution in [3.63, 3.8) is 0 Å². The van der Waals surface area contributed by atoms with E-state index in [0.29, 0.717) is 11.7 Å². The van der Waals surface area contributed by atoms with Crippen molar-refractivity contribution in [2.45, 2.75) is 33.2 Å². The molecule has 1 atom stereocenters. The maximum absolute atomic E-state index is 9.28. The predicted octanol–water partition coefficient (Wildman–Crippen LogP) is 4.76. The monoisotopic (exact) mass is 269 g/mol. The Bertz CT molecular complexity index is 528. The Labute approximate surface area is 121 Å². The summed E-state index contributed by atoms with van der Waals surface area (Å²) in [6.45, 7) is 6.62. The molecule has 2 nitrogen and oxygen atoms in total. The highest BCUT2D eigenvalue weighted by Gasteiger charge is 2.06. The van der Waals surface area contributed by atoms with Crippen LogP contribution in [0.25, 0.3) is 0 Å². The van der Waals surface area contributed by atoms with Crippen LogP contribution in [0.5, 0.6) is 5.75 Å². The third-order valence-corrected chi connectivity index (χ3v) is 3.37. The van der Waals surface area contributed by atoms with Gasteiger partial charge >= 0.3 is 0 Å². The molecule has 2 aromatic carbocycles. The van der Waals surface area contributed by atoms with Crippen LogP contribution in [0.3, 0.4) is 0 Å². The fourth-order valence-corrected chi connectivity index (χ4v) is 2.30. The first kappa shape index (κ1) is 14.4. The molecule has 0 saturated carbocycles. The average molecular weight is 269 g/mol. The zero-order valence-electron chi connectivity index (χ0n) is 12.4. The van der Waals surface area contributed by atoms with Crippen molar-refractivity contribution in [3.05, 3.63) is 59.7 Å². The van der Waals surface area contributed by atoms with Crippen LogP contribution in [-0.2, 0) is 6.42 Å². The van der Waals surface area contributed by atoms with Crippen LogP contribution in [-0.4, -0.2) is 5.11 Å². The Morgan fingerprint density at radius 2 is 1.50 bits per heavy atom. The number of hydrogen-bond acceptors (Lipinski definition) is 2. The van der Waals surface area contributed by atoms with Gasteiger partial charge in [-0.2, -0.15) is 0 Å². The van der Waals surface area contributed by atoms with Gasteiger partial charge in [-0.1, -0.05) is 38.1 Å². The van der Waals surface area contributed by atoms with Crippen molar-refractivity contribution in [1.82, 2.24) is 0 Å². The minimum absolute atomic E-state index is 0.243. The lowest BCUT2D eigenvalue weighted by Crippen LogP contribution is -2.06. The Morgan fingerprint density at radius 3 is 2.05 bits per heavy atom. The van der Waals surface area contributed by atoms with E-state index in [1.54, 1.807) is 12.1 Å². The van der Waals surface area contributed by atoms with Gasteiger partial charge in [0.15, 0.2) is 0 Å². The van der Waals surface area contributed by atoms with Crippen molar-refractivity contribution in [2.24, 2.45) is 5.92 Å². The minimum Gasteiger partial charge on any atom is -0.508 e. The van der Waals surface area contributed by atoms with Gasteiger partial charge < -0.3 is 10.4 Å². The number of benzene rings is 2. The third-order valence-electron chi connectivity index (χ3n) is 3.37. The van der Waals surface area contributed by atoms with E-state index in [2.05, 4.69) is 50.4 Å². The molecule has 0 aliphatic carbocycles. The predicted molar refractivity (Wildman–Crippen MR) is 85.1 cm³/mol. The highest BCUT2D eigenvalue weighted by molar-refractivity contribution is 5.47. The number of aromatic hydroxyl groups is 1. The number of hydrogen-bond donors (Lipinski definition) is 2. The molecular formula is C18H23NO.